The smallest absolute Gasteiger partial charge is 0.0799 e. The molecule has 0 aliphatic rings. The Balaban J connectivity index is 0.000000220. The van der Waals surface area contributed by atoms with E-state index in [0.717, 1.165) is 22.5 Å². The second kappa shape index (κ2) is 16.2. The maximum atomic E-state index is 4.74. The van der Waals surface area contributed by atoms with Crippen molar-refractivity contribution in [2.24, 2.45) is 5.41 Å². The molecule has 6 aromatic rings. The largest absolute Gasteiger partial charge is 0.305 e. The molecule has 0 saturated heterocycles. The number of hydrogen-bond acceptors (Lipinski definition) is 2. The van der Waals surface area contributed by atoms with Gasteiger partial charge in [0.25, 0.3) is 0 Å². The van der Waals surface area contributed by atoms with Crippen LogP contribution in [0.2, 0.25) is 19.6 Å². The average molecular weight is 837 g/mol. The van der Waals surface area contributed by atoms with Gasteiger partial charge in [0.1, 0.15) is 0 Å². The third-order valence-electron chi connectivity index (χ3n) is 9.21. The zero-order valence-electron chi connectivity index (χ0n) is 30.4. The molecule has 0 aliphatic heterocycles. The monoisotopic (exact) mass is 837 g/mol. The molecule has 1 radical (unpaired) electrons. The molecule has 0 N–H and O–H groups in total. The van der Waals surface area contributed by atoms with Crippen molar-refractivity contribution in [1.29, 1.82) is 0 Å². The third-order valence-corrected chi connectivity index (χ3v) is 11.2. The number of aromatic nitrogens is 2. The molecule has 253 valence electrons. The summed E-state index contributed by atoms with van der Waals surface area (Å²) in [5.41, 5.74) is 13.2. The van der Waals surface area contributed by atoms with E-state index in [0.29, 0.717) is 5.92 Å². The van der Waals surface area contributed by atoms with Crippen LogP contribution in [0.3, 0.4) is 0 Å². The first-order valence-electron chi connectivity index (χ1n) is 16.9. The molecule has 4 aromatic carbocycles. The zero-order valence-corrected chi connectivity index (χ0v) is 33.7. The van der Waals surface area contributed by atoms with E-state index in [-0.39, 0.29) is 25.5 Å². The quantitative estimate of drug-likeness (QED) is 0.123. The Bertz CT molecular complexity index is 1950. The van der Waals surface area contributed by atoms with Crippen LogP contribution in [0.25, 0.3) is 44.8 Å². The van der Waals surface area contributed by atoms with Crippen molar-refractivity contribution in [3.8, 4) is 44.8 Å². The van der Waals surface area contributed by atoms with Crippen LogP contribution in [0, 0.1) is 31.4 Å². The van der Waals surface area contributed by atoms with Gasteiger partial charge in [-0.2, -0.15) is 0 Å². The number of nitrogens with zero attached hydrogens (tertiary/aromatic N) is 2. The predicted molar refractivity (Wildman–Crippen MR) is 208 cm³/mol. The van der Waals surface area contributed by atoms with Gasteiger partial charge in [-0.3, -0.25) is 0 Å². The predicted octanol–water partition coefficient (Wildman–Crippen LogP) is 11.7. The van der Waals surface area contributed by atoms with E-state index in [9.17, 15) is 0 Å². The van der Waals surface area contributed by atoms with E-state index < -0.39 is 8.07 Å². The number of hydrogen-bond donors (Lipinski definition) is 0. The van der Waals surface area contributed by atoms with Gasteiger partial charge >= 0.3 is 0 Å². The van der Waals surface area contributed by atoms with Crippen LogP contribution in [0.1, 0.15) is 50.3 Å². The van der Waals surface area contributed by atoms with Crippen LogP contribution >= 0.6 is 0 Å². The zero-order chi connectivity index (χ0) is 34.5. The second-order valence-electron chi connectivity index (χ2n) is 14.8. The molecular formula is C45H48IrN2Si-2. The van der Waals surface area contributed by atoms with Crippen molar-refractivity contribution in [2.75, 3.05) is 0 Å². The Hall–Kier alpha value is -3.95. The molecule has 1 unspecified atom stereocenters. The van der Waals surface area contributed by atoms with E-state index in [1.807, 2.05) is 42.6 Å². The maximum Gasteiger partial charge on any atom is 0.0799 e. The van der Waals surface area contributed by atoms with Gasteiger partial charge in [-0.1, -0.05) is 114 Å². The minimum atomic E-state index is -1.42. The summed E-state index contributed by atoms with van der Waals surface area (Å²) >= 11 is 0. The summed E-state index contributed by atoms with van der Waals surface area (Å²) < 4.78 is 0. The average Bonchev–Trinajstić information content (AvgIpc) is 3.08. The molecule has 0 aliphatic carbocycles. The molecule has 0 fully saturated rings. The van der Waals surface area contributed by atoms with Crippen molar-refractivity contribution in [3.05, 3.63) is 150 Å². The second-order valence-corrected chi connectivity index (χ2v) is 19.9. The Morgan fingerprint density at radius 3 is 1.92 bits per heavy atom. The van der Waals surface area contributed by atoms with Gasteiger partial charge in [0.05, 0.1) is 8.07 Å². The summed E-state index contributed by atoms with van der Waals surface area (Å²) in [6, 6.07) is 44.3. The van der Waals surface area contributed by atoms with Gasteiger partial charge in [0.15, 0.2) is 0 Å². The van der Waals surface area contributed by atoms with Gasteiger partial charge in [-0.05, 0) is 75.6 Å². The van der Waals surface area contributed by atoms with Crippen molar-refractivity contribution in [3.63, 3.8) is 0 Å². The summed E-state index contributed by atoms with van der Waals surface area (Å²) in [6.07, 6.45) is 4.00. The number of aryl methyl sites for hydroxylation is 2. The Kier molecular flexibility index (Phi) is 12.5. The van der Waals surface area contributed by atoms with Crippen molar-refractivity contribution < 1.29 is 20.1 Å². The molecule has 4 heteroatoms. The SMILES string of the molecule is CC(c1cc(-c2[c-]cccc2)ncc1[Si](C)(C)C)C(C)(C)C.Cc1cccc(C)c1-c1cc[c-]c(-c2cc(-c3ccccc3)ccn2)c1.[Ir]. The van der Waals surface area contributed by atoms with E-state index in [4.69, 9.17) is 4.98 Å². The van der Waals surface area contributed by atoms with Gasteiger partial charge in [-0.15, -0.1) is 71.3 Å². The fourth-order valence-corrected chi connectivity index (χ4v) is 7.66. The van der Waals surface area contributed by atoms with Gasteiger partial charge < -0.3 is 9.97 Å². The molecular weight excluding hydrogens is 789 g/mol. The normalized spacial score (nSPS) is 11.9. The topological polar surface area (TPSA) is 25.8 Å². The van der Waals surface area contributed by atoms with Gasteiger partial charge in [0, 0.05) is 32.5 Å². The Labute approximate surface area is 309 Å². The molecule has 49 heavy (non-hydrogen) atoms. The standard InChI is InChI=1S/C25H20N.C20H28NSi.Ir/c1-18-8-6-9-19(2)25(18)23-13-7-12-22(16-23)24-17-21(14-15-26-24)20-10-4-3-5-11-20;1-15(20(2,3)4)17-13-18(16-11-9-8-10-12-16)21-14-19(17)22(5,6)7;/h3-11,13-17H,1-2H3;8-11,13-15H,1-7H3;/q2*-1;. The fourth-order valence-electron chi connectivity index (χ4n) is 6.05. The fraction of sp³-hybridized carbons (Fsp3) is 0.244. The van der Waals surface area contributed by atoms with Crippen LogP contribution in [-0.2, 0) is 20.1 Å². The van der Waals surface area contributed by atoms with Gasteiger partial charge in [-0.25, -0.2) is 0 Å². The molecule has 2 heterocycles. The molecule has 0 saturated carbocycles. The molecule has 2 nitrogen and oxygen atoms in total. The van der Waals surface area contributed by atoms with Gasteiger partial charge in [0.2, 0.25) is 0 Å². The first-order valence-corrected chi connectivity index (χ1v) is 20.4. The molecule has 0 bridgehead atoms. The summed E-state index contributed by atoms with van der Waals surface area (Å²) in [5, 5.41) is 1.48. The van der Waals surface area contributed by atoms with E-state index >= 15 is 0 Å². The van der Waals surface area contributed by atoms with Crippen molar-refractivity contribution in [1.82, 2.24) is 9.97 Å². The minimum Gasteiger partial charge on any atom is -0.305 e. The minimum absolute atomic E-state index is 0. The van der Waals surface area contributed by atoms with Crippen LogP contribution < -0.4 is 5.19 Å². The van der Waals surface area contributed by atoms with Crippen molar-refractivity contribution in [2.45, 2.75) is 67.1 Å². The summed E-state index contributed by atoms with van der Waals surface area (Å²) in [6.45, 7) is 20.8. The van der Waals surface area contributed by atoms with Crippen LogP contribution in [-0.4, -0.2) is 18.0 Å². The Morgan fingerprint density at radius 2 is 1.29 bits per heavy atom. The van der Waals surface area contributed by atoms with Crippen LogP contribution in [0.15, 0.2) is 122 Å². The summed E-state index contributed by atoms with van der Waals surface area (Å²) in [7, 11) is -1.42. The van der Waals surface area contributed by atoms with E-state index in [2.05, 4.69) is 157 Å². The van der Waals surface area contributed by atoms with Crippen LogP contribution in [0.5, 0.6) is 0 Å². The number of pyridine rings is 2. The molecule has 0 spiro atoms. The summed E-state index contributed by atoms with van der Waals surface area (Å²) in [4.78, 5) is 9.33. The van der Waals surface area contributed by atoms with E-state index in [1.165, 1.54) is 44.1 Å². The molecule has 6 rings (SSSR count). The first kappa shape index (κ1) is 37.9. The van der Waals surface area contributed by atoms with E-state index in [1.54, 1.807) is 0 Å². The number of benzene rings is 4. The summed E-state index contributed by atoms with van der Waals surface area (Å²) in [5.74, 6) is 0.500. The molecule has 0 amide bonds. The van der Waals surface area contributed by atoms with Crippen molar-refractivity contribution >= 4 is 13.3 Å². The molecule has 1 atom stereocenters. The third kappa shape index (κ3) is 9.39. The number of rotatable bonds is 6. The first-order chi connectivity index (χ1) is 22.8. The maximum absolute atomic E-state index is 4.74. The molecule has 2 aromatic heterocycles. The van der Waals surface area contributed by atoms with Crippen LogP contribution in [0.4, 0.5) is 0 Å². The Morgan fingerprint density at radius 1 is 0.633 bits per heavy atom.